The zero-order chi connectivity index (χ0) is 15.4. The van der Waals surface area contributed by atoms with Crippen molar-refractivity contribution in [1.29, 1.82) is 0 Å². The van der Waals surface area contributed by atoms with Gasteiger partial charge in [0.2, 0.25) is 0 Å². The molecule has 0 atom stereocenters. The molecular weight excluding hydrogens is 347 g/mol. The van der Waals surface area contributed by atoms with Crippen molar-refractivity contribution in [2.24, 2.45) is 0 Å². The second-order valence-electron chi connectivity index (χ2n) is 4.42. The molecule has 0 heterocycles. The number of aryl methyl sites for hydroxylation is 1. The van der Waals surface area contributed by atoms with E-state index in [9.17, 15) is 13.2 Å². The molecule has 0 bridgehead atoms. The number of alkyl halides is 2. The molecule has 0 aliphatic carbocycles. The Balaban J connectivity index is 2.15. The first-order chi connectivity index (χ1) is 9.97. The monoisotopic (exact) mass is 359 g/mol. The summed E-state index contributed by atoms with van der Waals surface area (Å²) in [7, 11) is 0. The molecular formula is C15H13BrF3NO. The highest BCUT2D eigenvalue weighted by Crippen LogP contribution is 2.26. The number of nitrogens with one attached hydrogen (secondary N) is 1. The lowest BCUT2D eigenvalue weighted by atomic mass is 10.1. The highest BCUT2D eigenvalue weighted by Gasteiger charge is 2.10. The van der Waals surface area contributed by atoms with E-state index in [0.29, 0.717) is 15.7 Å². The summed E-state index contributed by atoms with van der Waals surface area (Å²) in [6, 6.07) is 9.50. The van der Waals surface area contributed by atoms with Crippen LogP contribution in [0, 0.1) is 12.7 Å². The van der Waals surface area contributed by atoms with Crippen LogP contribution in [0.4, 0.5) is 18.9 Å². The molecule has 0 aliphatic heterocycles. The Kier molecular flexibility index (Phi) is 5.12. The summed E-state index contributed by atoms with van der Waals surface area (Å²) in [6.45, 7) is -0.795. The van der Waals surface area contributed by atoms with Gasteiger partial charge in [0, 0.05) is 17.8 Å². The minimum absolute atomic E-state index is 0.107. The Morgan fingerprint density at radius 1 is 1.24 bits per heavy atom. The molecule has 2 aromatic rings. The number of hydrogen-bond acceptors (Lipinski definition) is 2. The van der Waals surface area contributed by atoms with Crippen LogP contribution in [0.3, 0.4) is 0 Å². The summed E-state index contributed by atoms with van der Waals surface area (Å²) in [4.78, 5) is 0. The highest BCUT2D eigenvalue weighted by atomic mass is 79.9. The Bertz CT molecular complexity index is 634. The van der Waals surface area contributed by atoms with Gasteiger partial charge in [0.1, 0.15) is 11.6 Å². The van der Waals surface area contributed by atoms with Crippen molar-refractivity contribution in [2.45, 2.75) is 20.1 Å². The molecule has 1 N–H and O–H groups in total. The summed E-state index contributed by atoms with van der Waals surface area (Å²) in [5.74, 6) is -0.282. The van der Waals surface area contributed by atoms with Crippen molar-refractivity contribution in [1.82, 2.24) is 0 Å². The van der Waals surface area contributed by atoms with Crippen LogP contribution in [0.15, 0.2) is 40.9 Å². The van der Waals surface area contributed by atoms with E-state index in [1.807, 2.05) is 6.92 Å². The maximum absolute atomic E-state index is 13.5. The van der Waals surface area contributed by atoms with Crippen LogP contribution < -0.4 is 10.1 Å². The van der Waals surface area contributed by atoms with Gasteiger partial charge in [-0.25, -0.2) is 4.39 Å². The highest BCUT2D eigenvalue weighted by molar-refractivity contribution is 9.10. The molecule has 2 aromatic carbocycles. The fourth-order valence-corrected chi connectivity index (χ4v) is 2.35. The van der Waals surface area contributed by atoms with Crippen LogP contribution in [0.5, 0.6) is 5.75 Å². The number of rotatable bonds is 5. The Morgan fingerprint density at radius 3 is 2.67 bits per heavy atom. The van der Waals surface area contributed by atoms with E-state index >= 15 is 0 Å². The molecule has 0 spiro atoms. The molecule has 0 unspecified atom stereocenters. The largest absolute Gasteiger partial charge is 0.434 e. The van der Waals surface area contributed by atoms with E-state index in [-0.39, 0.29) is 18.1 Å². The van der Waals surface area contributed by atoms with Gasteiger partial charge in [0.25, 0.3) is 0 Å². The lowest BCUT2D eigenvalue weighted by molar-refractivity contribution is -0.0504. The SMILES string of the molecule is Cc1cc(Br)c(F)cc1NCc1ccccc1OC(F)F. The standard InChI is InChI=1S/C15H13BrF3NO/c1-9-6-11(16)12(17)7-13(9)20-8-10-4-2-3-5-14(10)21-15(18)19/h2-7,15,20H,8H2,1H3. The van der Waals surface area contributed by atoms with Gasteiger partial charge in [-0.15, -0.1) is 0 Å². The first-order valence-corrected chi connectivity index (χ1v) is 6.99. The molecule has 2 nitrogen and oxygen atoms in total. The number of halogens is 4. The number of hydrogen-bond donors (Lipinski definition) is 1. The third kappa shape index (κ3) is 4.14. The Morgan fingerprint density at radius 2 is 1.95 bits per heavy atom. The second kappa shape index (κ2) is 6.85. The first kappa shape index (κ1) is 15.7. The predicted molar refractivity (Wildman–Crippen MR) is 79.2 cm³/mol. The number of benzene rings is 2. The van der Waals surface area contributed by atoms with Crippen LogP contribution in [-0.4, -0.2) is 6.61 Å². The smallest absolute Gasteiger partial charge is 0.387 e. The van der Waals surface area contributed by atoms with Crippen molar-refractivity contribution < 1.29 is 17.9 Å². The topological polar surface area (TPSA) is 21.3 Å². The van der Waals surface area contributed by atoms with E-state index in [4.69, 9.17) is 0 Å². The number of ether oxygens (including phenoxy) is 1. The average molecular weight is 360 g/mol. The summed E-state index contributed by atoms with van der Waals surface area (Å²) < 4.78 is 43.0. The third-order valence-corrected chi connectivity index (χ3v) is 3.53. The van der Waals surface area contributed by atoms with Crippen molar-refractivity contribution in [3.8, 4) is 5.75 Å². The zero-order valence-electron chi connectivity index (χ0n) is 11.2. The zero-order valence-corrected chi connectivity index (χ0v) is 12.8. The summed E-state index contributed by atoms with van der Waals surface area (Å²) in [5.41, 5.74) is 2.01. The van der Waals surface area contributed by atoms with E-state index in [1.54, 1.807) is 24.3 Å². The molecule has 0 saturated heterocycles. The molecule has 0 amide bonds. The first-order valence-electron chi connectivity index (χ1n) is 6.19. The van der Waals surface area contributed by atoms with Crippen LogP contribution in [0.1, 0.15) is 11.1 Å². The minimum atomic E-state index is -2.88. The quantitative estimate of drug-likeness (QED) is 0.800. The Hall–Kier alpha value is -1.69. The second-order valence-corrected chi connectivity index (χ2v) is 5.28. The summed E-state index contributed by atoms with van der Waals surface area (Å²) >= 11 is 3.11. The lowest BCUT2D eigenvalue weighted by Gasteiger charge is -2.14. The lowest BCUT2D eigenvalue weighted by Crippen LogP contribution is -2.07. The molecule has 112 valence electrons. The molecule has 21 heavy (non-hydrogen) atoms. The normalized spacial score (nSPS) is 10.8. The van der Waals surface area contributed by atoms with E-state index in [2.05, 4.69) is 26.0 Å². The predicted octanol–water partition coefficient (Wildman–Crippen LogP) is 5.11. The number of anilines is 1. The molecule has 0 fully saturated rings. The molecule has 6 heteroatoms. The van der Waals surface area contributed by atoms with Gasteiger partial charge in [0.15, 0.2) is 0 Å². The molecule has 2 rings (SSSR count). The van der Waals surface area contributed by atoms with Gasteiger partial charge in [-0.1, -0.05) is 18.2 Å². The van der Waals surface area contributed by atoms with E-state index in [0.717, 1.165) is 5.56 Å². The van der Waals surface area contributed by atoms with Crippen LogP contribution in [0.2, 0.25) is 0 Å². The van der Waals surface area contributed by atoms with E-state index < -0.39 is 6.61 Å². The van der Waals surface area contributed by atoms with Crippen LogP contribution in [0.25, 0.3) is 0 Å². The van der Waals surface area contributed by atoms with E-state index in [1.165, 1.54) is 12.1 Å². The molecule has 0 aliphatic rings. The Labute approximate surface area is 129 Å². The average Bonchev–Trinajstić information content (AvgIpc) is 2.42. The van der Waals surface area contributed by atoms with Gasteiger partial charge in [0.05, 0.1) is 4.47 Å². The minimum Gasteiger partial charge on any atom is -0.434 e. The van der Waals surface area contributed by atoms with Gasteiger partial charge in [-0.2, -0.15) is 8.78 Å². The van der Waals surface area contributed by atoms with Crippen molar-refractivity contribution in [2.75, 3.05) is 5.32 Å². The summed E-state index contributed by atoms with van der Waals surface area (Å²) in [6.07, 6.45) is 0. The summed E-state index contributed by atoms with van der Waals surface area (Å²) in [5, 5.41) is 3.03. The third-order valence-electron chi connectivity index (χ3n) is 2.93. The van der Waals surface area contributed by atoms with Crippen LogP contribution >= 0.6 is 15.9 Å². The van der Waals surface area contributed by atoms with Gasteiger partial charge < -0.3 is 10.1 Å². The van der Waals surface area contributed by atoms with Gasteiger partial charge in [-0.05, 0) is 46.6 Å². The van der Waals surface area contributed by atoms with Crippen molar-refractivity contribution >= 4 is 21.6 Å². The maximum Gasteiger partial charge on any atom is 0.387 e. The van der Waals surface area contributed by atoms with Crippen molar-refractivity contribution in [3.63, 3.8) is 0 Å². The molecule has 0 saturated carbocycles. The van der Waals surface area contributed by atoms with Gasteiger partial charge in [-0.3, -0.25) is 0 Å². The molecule has 0 radical (unpaired) electrons. The number of para-hydroxylation sites is 1. The fraction of sp³-hybridized carbons (Fsp3) is 0.200. The maximum atomic E-state index is 13.5. The molecule has 0 aromatic heterocycles. The fourth-order valence-electron chi connectivity index (χ4n) is 1.89. The van der Waals surface area contributed by atoms with Gasteiger partial charge >= 0.3 is 6.61 Å². The van der Waals surface area contributed by atoms with Crippen LogP contribution in [-0.2, 0) is 6.54 Å². The van der Waals surface area contributed by atoms with Crippen molar-refractivity contribution in [3.05, 3.63) is 57.8 Å².